The molecule has 0 saturated heterocycles. The molecule has 0 atom stereocenters. The molecule has 0 radical (unpaired) electrons. The molecular formula is C6F8O2. The monoisotopic (exact) mass is 256 g/mol. The molecule has 1 fully saturated rings. The molecular weight excluding hydrogens is 256 g/mol. The van der Waals surface area contributed by atoms with E-state index in [0.29, 0.717) is 0 Å². The van der Waals surface area contributed by atoms with Gasteiger partial charge in [-0.05, 0) is 0 Å². The number of rotatable bonds is 0. The van der Waals surface area contributed by atoms with Crippen LogP contribution in [0.5, 0.6) is 0 Å². The summed E-state index contributed by atoms with van der Waals surface area (Å²) in [6.45, 7) is 0. The number of alkyl halides is 8. The lowest BCUT2D eigenvalue weighted by Crippen LogP contribution is -2.73. The average Bonchev–Trinajstić information content (AvgIpc) is 2.13. The van der Waals surface area contributed by atoms with Crippen LogP contribution in [0.15, 0.2) is 0 Å². The number of Topliss-reactive ketones (excluding diaryl/α,β-unsaturated/α-hetero) is 2. The zero-order valence-electron chi connectivity index (χ0n) is 6.84. The van der Waals surface area contributed by atoms with Crippen molar-refractivity contribution in [3.05, 3.63) is 0 Å². The summed E-state index contributed by atoms with van der Waals surface area (Å²) in [6, 6.07) is 0. The standard InChI is InChI=1S/C6F8O2/c7-3(8)1(15)4(9,10)6(13,14)5(11,12)2(3)16. The molecule has 0 aromatic heterocycles. The van der Waals surface area contributed by atoms with Crippen LogP contribution >= 0.6 is 0 Å². The average molecular weight is 256 g/mol. The van der Waals surface area contributed by atoms with Crippen LogP contribution in [-0.2, 0) is 9.59 Å². The maximum absolute atomic E-state index is 12.3. The first-order chi connectivity index (χ1) is 6.81. The molecule has 1 rings (SSSR count). The van der Waals surface area contributed by atoms with Gasteiger partial charge in [0.2, 0.25) is 0 Å². The lowest BCUT2D eigenvalue weighted by molar-refractivity contribution is -0.309. The van der Waals surface area contributed by atoms with Crippen molar-refractivity contribution < 1.29 is 44.7 Å². The molecule has 0 aliphatic heterocycles. The highest BCUT2D eigenvalue weighted by atomic mass is 19.3. The molecule has 1 aliphatic carbocycles. The van der Waals surface area contributed by atoms with Crippen LogP contribution in [0.2, 0.25) is 0 Å². The second-order valence-electron chi connectivity index (χ2n) is 2.96. The van der Waals surface area contributed by atoms with E-state index in [1.807, 2.05) is 0 Å². The molecule has 1 aliphatic rings. The lowest BCUT2D eigenvalue weighted by atomic mass is 9.84. The normalized spacial score (nSPS) is 30.2. The van der Waals surface area contributed by atoms with Crippen LogP contribution in [0, 0.1) is 0 Å². The van der Waals surface area contributed by atoms with Gasteiger partial charge >= 0.3 is 23.7 Å². The van der Waals surface area contributed by atoms with E-state index in [2.05, 4.69) is 0 Å². The molecule has 92 valence electrons. The van der Waals surface area contributed by atoms with Gasteiger partial charge in [-0.25, -0.2) is 0 Å². The third-order valence-electron chi connectivity index (χ3n) is 1.93. The molecule has 0 heterocycles. The summed E-state index contributed by atoms with van der Waals surface area (Å²) in [5, 5.41) is 0. The Hall–Kier alpha value is -1.22. The highest BCUT2D eigenvalue weighted by Gasteiger charge is 2.88. The van der Waals surface area contributed by atoms with E-state index in [4.69, 9.17) is 0 Å². The molecule has 10 heteroatoms. The zero-order valence-corrected chi connectivity index (χ0v) is 6.84. The van der Waals surface area contributed by atoms with E-state index in [9.17, 15) is 44.7 Å². The van der Waals surface area contributed by atoms with Crippen LogP contribution in [0.3, 0.4) is 0 Å². The van der Waals surface area contributed by atoms with Crippen molar-refractivity contribution in [1.29, 1.82) is 0 Å². The topological polar surface area (TPSA) is 34.1 Å². The summed E-state index contributed by atoms with van der Waals surface area (Å²) < 4.78 is 98.6. The molecule has 0 bridgehead atoms. The number of ketones is 2. The third kappa shape index (κ3) is 1.07. The summed E-state index contributed by atoms with van der Waals surface area (Å²) in [5.74, 6) is -32.6. The molecule has 2 nitrogen and oxygen atoms in total. The Morgan fingerprint density at radius 3 is 1.12 bits per heavy atom. The minimum atomic E-state index is -6.48. The molecule has 0 amide bonds. The molecule has 0 N–H and O–H groups in total. The van der Waals surface area contributed by atoms with Gasteiger partial charge in [-0.3, -0.25) is 9.59 Å². The van der Waals surface area contributed by atoms with E-state index < -0.39 is 35.3 Å². The van der Waals surface area contributed by atoms with E-state index in [-0.39, 0.29) is 0 Å². The summed E-state index contributed by atoms with van der Waals surface area (Å²) in [5.41, 5.74) is 0. The first-order valence-corrected chi connectivity index (χ1v) is 3.42. The van der Waals surface area contributed by atoms with Gasteiger partial charge in [-0.15, -0.1) is 0 Å². The van der Waals surface area contributed by atoms with Gasteiger partial charge in [0.05, 0.1) is 0 Å². The van der Waals surface area contributed by atoms with Crippen LogP contribution in [0.25, 0.3) is 0 Å². The van der Waals surface area contributed by atoms with Gasteiger partial charge in [-0.2, -0.15) is 35.1 Å². The van der Waals surface area contributed by atoms with Gasteiger partial charge < -0.3 is 0 Å². The van der Waals surface area contributed by atoms with Crippen molar-refractivity contribution in [3.63, 3.8) is 0 Å². The Balaban J connectivity index is 3.53. The van der Waals surface area contributed by atoms with Gasteiger partial charge in [-0.1, -0.05) is 0 Å². The smallest absolute Gasteiger partial charge is 0.285 e. The predicted molar refractivity (Wildman–Crippen MR) is 29.8 cm³/mol. The fraction of sp³-hybridized carbons (Fsp3) is 0.667. The Kier molecular flexibility index (Phi) is 2.18. The first-order valence-electron chi connectivity index (χ1n) is 3.42. The quantitative estimate of drug-likeness (QED) is 0.488. The predicted octanol–water partition coefficient (Wildman–Crippen LogP) is 1.68. The summed E-state index contributed by atoms with van der Waals surface area (Å²) in [4.78, 5) is 20.3. The van der Waals surface area contributed by atoms with E-state index >= 15 is 0 Å². The molecule has 0 spiro atoms. The zero-order chi connectivity index (χ0) is 13.2. The minimum Gasteiger partial charge on any atom is -0.285 e. The van der Waals surface area contributed by atoms with Crippen LogP contribution in [-0.4, -0.2) is 35.3 Å². The Labute approximate surface area is 81.2 Å². The molecule has 0 aromatic rings. The van der Waals surface area contributed by atoms with E-state index in [1.165, 1.54) is 0 Å². The van der Waals surface area contributed by atoms with E-state index in [1.54, 1.807) is 0 Å². The van der Waals surface area contributed by atoms with Gasteiger partial charge in [0.25, 0.3) is 11.6 Å². The van der Waals surface area contributed by atoms with Crippen molar-refractivity contribution in [2.75, 3.05) is 0 Å². The van der Waals surface area contributed by atoms with Crippen LogP contribution in [0.4, 0.5) is 35.1 Å². The van der Waals surface area contributed by atoms with E-state index in [0.717, 1.165) is 0 Å². The lowest BCUT2D eigenvalue weighted by Gasteiger charge is -2.37. The number of halogens is 8. The largest absolute Gasteiger partial charge is 0.387 e. The number of carbonyl (C=O) groups excluding carboxylic acids is 2. The summed E-state index contributed by atoms with van der Waals surface area (Å²) in [6.07, 6.45) is 0. The van der Waals surface area contributed by atoms with Crippen LogP contribution in [0.1, 0.15) is 0 Å². The Morgan fingerprint density at radius 2 is 0.875 bits per heavy atom. The van der Waals surface area contributed by atoms with Gasteiger partial charge in [0.15, 0.2) is 0 Å². The van der Waals surface area contributed by atoms with Crippen molar-refractivity contribution in [1.82, 2.24) is 0 Å². The van der Waals surface area contributed by atoms with Gasteiger partial charge in [0, 0.05) is 0 Å². The SMILES string of the molecule is O=C1C(F)(F)C(=O)C(F)(F)C(F)(F)C1(F)F. The Bertz CT molecular complexity index is 339. The highest BCUT2D eigenvalue weighted by molar-refractivity contribution is 6.17. The molecule has 16 heavy (non-hydrogen) atoms. The fourth-order valence-electron chi connectivity index (χ4n) is 0.980. The summed E-state index contributed by atoms with van der Waals surface area (Å²) in [7, 11) is 0. The number of hydrogen-bond donors (Lipinski definition) is 0. The van der Waals surface area contributed by atoms with Gasteiger partial charge in [0.1, 0.15) is 0 Å². The maximum atomic E-state index is 12.3. The molecule has 0 aromatic carbocycles. The second kappa shape index (κ2) is 2.72. The number of hydrogen-bond acceptors (Lipinski definition) is 2. The second-order valence-corrected chi connectivity index (χ2v) is 2.96. The van der Waals surface area contributed by atoms with Crippen molar-refractivity contribution in [2.24, 2.45) is 0 Å². The number of carbonyl (C=O) groups is 2. The molecule has 1 saturated carbocycles. The van der Waals surface area contributed by atoms with Crippen molar-refractivity contribution >= 4 is 11.6 Å². The fourth-order valence-corrected chi connectivity index (χ4v) is 0.980. The van der Waals surface area contributed by atoms with Crippen LogP contribution < -0.4 is 0 Å². The minimum absolute atomic E-state index is 3.83. The first kappa shape index (κ1) is 12.8. The highest BCUT2D eigenvalue weighted by Crippen LogP contribution is 2.54. The molecule has 0 unspecified atom stereocenters. The summed E-state index contributed by atoms with van der Waals surface area (Å²) >= 11 is 0. The maximum Gasteiger partial charge on any atom is 0.387 e. The van der Waals surface area contributed by atoms with Crippen molar-refractivity contribution in [2.45, 2.75) is 23.7 Å². The van der Waals surface area contributed by atoms with Crippen molar-refractivity contribution in [3.8, 4) is 0 Å². The third-order valence-corrected chi connectivity index (χ3v) is 1.93. The Morgan fingerprint density at radius 1 is 0.625 bits per heavy atom.